The molecule has 1 amide bonds. The van der Waals surface area contributed by atoms with Crippen LogP contribution in [0.2, 0.25) is 0 Å². The smallest absolute Gasteiger partial charge is 0.220 e. The number of rotatable bonds is 48. The molecule has 7 unspecified atom stereocenters. The molecule has 0 aromatic rings. The van der Waals surface area contributed by atoms with E-state index < -0.39 is 49.5 Å². The largest absolute Gasteiger partial charge is 0.394 e. The first-order valence-corrected chi connectivity index (χ1v) is 27.9. The van der Waals surface area contributed by atoms with Gasteiger partial charge in [0, 0.05) is 6.42 Å². The molecule has 1 fully saturated rings. The molecule has 1 aliphatic rings. The maximum Gasteiger partial charge on any atom is 0.220 e. The number of aliphatic hydroxyl groups is 5. The second kappa shape index (κ2) is 45.7. The van der Waals surface area contributed by atoms with Crippen LogP contribution in [0.1, 0.15) is 277 Å². The van der Waals surface area contributed by atoms with Gasteiger partial charge in [0.05, 0.1) is 25.4 Å². The summed E-state index contributed by atoms with van der Waals surface area (Å²) in [6, 6.07) is -0.799. The third-order valence-corrected chi connectivity index (χ3v) is 13.6. The van der Waals surface area contributed by atoms with Crippen molar-refractivity contribution in [3.63, 3.8) is 0 Å². The molecule has 64 heavy (non-hydrogen) atoms. The highest BCUT2D eigenvalue weighted by Gasteiger charge is 2.44. The van der Waals surface area contributed by atoms with Crippen molar-refractivity contribution in [2.24, 2.45) is 0 Å². The lowest BCUT2D eigenvalue weighted by molar-refractivity contribution is -0.302. The van der Waals surface area contributed by atoms with Crippen molar-refractivity contribution in [2.75, 3.05) is 13.2 Å². The van der Waals surface area contributed by atoms with E-state index in [1.807, 2.05) is 6.08 Å². The lowest BCUT2D eigenvalue weighted by Crippen LogP contribution is -2.60. The van der Waals surface area contributed by atoms with Gasteiger partial charge in [-0.05, 0) is 19.3 Å². The van der Waals surface area contributed by atoms with Crippen LogP contribution in [-0.4, -0.2) is 87.5 Å². The van der Waals surface area contributed by atoms with Crippen LogP contribution in [0.5, 0.6) is 0 Å². The van der Waals surface area contributed by atoms with E-state index in [4.69, 9.17) is 9.47 Å². The van der Waals surface area contributed by atoms with Crippen LogP contribution < -0.4 is 5.32 Å². The molecule has 0 radical (unpaired) electrons. The highest BCUT2D eigenvalue weighted by molar-refractivity contribution is 5.76. The molecule has 1 saturated heterocycles. The fourth-order valence-corrected chi connectivity index (χ4v) is 9.16. The Hall–Kier alpha value is -1.07. The van der Waals surface area contributed by atoms with E-state index in [2.05, 4.69) is 19.2 Å². The van der Waals surface area contributed by atoms with Crippen LogP contribution in [-0.2, 0) is 14.3 Å². The van der Waals surface area contributed by atoms with Gasteiger partial charge in [-0.1, -0.05) is 264 Å². The predicted octanol–water partition coefficient (Wildman–Crippen LogP) is 13.2. The standard InChI is InChI=1S/C55H107NO8/c1-3-5-7-9-11-13-15-17-19-20-21-22-23-24-25-26-27-28-29-31-33-35-37-39-41-43-45-51(59)56-48(47-63-55-54(62)53(61)52(60)50(46-57)64-55)49(58)44-42-40-38-36-34-32-30-18-16-14-12-10-8-6-4-2/h42,44,48-50,52-55,57-58,60-62H,3-41,43,45-47H2,1-2H3,(H,56,59)/b44-42+. The van der Waals surface area contributed by atoms with Crippen LogP contribution in [0.3, 0.4) is 0 Å². The fraction of sp³-hybridized carbons (Fsp3) is 0.945. The topological polar surface area (TPSA) is 149 Å². The number of hydrogen-bond donors (Lipinski definition) is 6. The van der Waals surface area contributed by atoms with E-state index in [-0.39, 0.29) is 12.5 Å². The van der Waals surface area contributed by atoms with Crippen LogP contribution in [0.25, 0.3) is 0 Å². The minimum absolute atomic E-state index is 0.171. The molecule has 9 nitrogen and oxygen atoms in total. The van der Waals surface area contributed by atoms with E-state index in [0.717, 1.165) is 38.5 Å². The number of nitrogens with one attached hydrogen (secondary N) is 1. The minimum Gasteiger partial charge on any atom is -0.394 e. The molecule has 6 N–H and O–H groups in total. The molecule has 9 heteroatoms. The summed E-state index contributed by atoms with van der Waals surface area (Å²) in [5, 5.41) is 54.4. The quantitative estimate of drug-likeness (QED) is 0.0261. The third kappa shape index (κ3) is 35.1. The number of aliphatic hydroxyl groups excluding tert-OH is 5. The first-order chi connectivity index (χ1) is 31.3. The van der Waals surface area contributed by atoms with E-state index in [1.165, 1.54) is 218 Å². The van der Waals surface area contributed by atoms with Gasteiger partial charge in [0.2, 0.25) is 5.91 Å². The third-order valence-electron chi connectivity index (χ3n) is 13.6. The van der Waals surface area contributed by atoms with Crippen molar-refractivity contribution in [3.8, 4) is 0 Å². The average Bonchev–Trinajstić information content (AvgIpc) is 3.29. The van der Waals surface area contributed by atoms with Gasteiger partial charge in [-0.15, -0.1) is 0 Å². The van der Waals surface area contributed by atoms with Gasteiger partial charge in [0.1, 0.15) is 24.4 Å². The van der Waals surface area contributed by atoms with E-state index in [9.17, 15) is 30.3 Å². The van der Waals surface area contributed by atoms with Crippen molar-refractivity contribution in [2.45, 2.75) is 320 Å². The van der Waals surface area contributed by atoms with Crippen molar-refractivity contribution < 1.29 is 39.8 Å². The molecule has 0 saturated carbocycles. The highest BCUT2D eigenvalue weighted by Crippen LogP contribution is 2.23. The molecule has 0 aliphatic carbocycles. The second-order valence-electron chi connectivity index (χ2n) is 19.7. The molecular weight excluding hydrogens is 803 g/mol. The summed E-state index contributed by atoms with van der Waals surface area (Å²) in [4.78, 5) is 13.0. The van der Waals surface area contributed by atoms with Crippen molar-refractivity contribution in [1.29, 1.82) is 0 Å². The van der Waals surface area contributed by atoms with Crippen LogP contribution in [0.15, 0.2) is 12.2 Å². The highest BCUT2D eigenvalue weighted by atomic mass is 16.7. The Morgan fingerprint density at radius 3 is 1.22 bits per heavy atom. The number of amides is 1. The van der Waals surface area contributed by atoms with Gasteiger partial charge in [-0.2, -0.15) is 0 Å². The van der Waals surface area contributed by atoms with E-state index in [1.54, 1.807) is 6.08 Å². The second-order valence-corrected chi connectivity index (χ2v) is 19.7. The zero-order valence-corrected chi connectivity index (χ0v) is 42.1. The summed E-state index contributed by atoms with van der Waals surface area (Å²) < 4.78 is 11.3. The van der Waals surface area contributed by atoms with Crippen molar-refractivity contribution in [1.82, 2.24) is 5.32 Å². The molecule has 380 valence electrons. The van der Waals surface area contributed by atoms with Crippen molar-refractivity contribution >= 4 is 5.91 Å². The van der Waals surface area contributed by atoms with Crippen molar-refractivity contribution in [3.05, 3.63) is 12.2 Å². The summed E-state index contributed by atoms with van der Waals surface area (Å²) in [5.74, 6) is -0.171. The molecule has 1 rings (SSSR count). The zero-order chi connectivity index (χ0) is 46.6. The number of hydrogen-bond acceptors (Lipinski definition) is 8. The maximum atomic E-state index is 13.0. The number of carbonyl (C=O) groups excluding carboxylic acids is 1. The van der Waals surface area contributed by atoms with Crippen LogP contribution >= 0.6 is 0 Å². The predicted molar refractivity (Wildman–Crippen MR) is 267 cm³/mol. The van der Waals surface area contributed by atoms with Gasteiger partial charge in [-0.3, -0.25) is 4.79 Å². The Kier molecular flexibility index (Phi) is 43.5. The minimum atomic E-state index is -1.56. The van der Waals surface area contributed by atoms with Crippen LogP contribution in [0.4, 0.5) is 0 Å². The van der Waals surface area contributed by atoms with E-state index in [0.29, 0.717) is 6.42 Å². The monoisotopic (exact) mass is 910 g/mol. The van der Waals surface area contributed by atoms with Gasteiger partial charge in [-0.25, -0.2) is 0 Å². The molecule has 0 aromatic carbocycles. The average molecular weight is 910 g/mol. The van der Waals surface area contributed by atoms with Gasteiger partial charge in [0.15, 0.2) is 6.29 Å². The lowest BCUT2D eigenvalue weighted by atomic mass is 9.99. The Labute approximate surface area is 395 Å². The molecular formula is C55H107NO8. The molecule has 7 atom stereocenters. The Bertz CT molecular complexity index is 1010. The van der Waals surface area contributed by atoms with Gasteiger partial charge >= 0.3 is 0 Å². The fourth-order valence-electron chi connectivity index (χ4n) is 9.16. The first-order valence-electron chi connectivity index (χ1n) is 27.9. The summed E-state index contributed by atoms with van der Waals surface area (Å²) in [7, 11) is 0. The Morgan fingerprint density at radius 2 is 0.859 bits per heavy atom. The van der Waals surface area contributed by atoms with Gasteiger partial charge in [0.25, 0.3) is 0 Å². The molecule has 0 aromatic heterocycles. The SMILES string of the molecule is CCCCCCCCCCCCCCC/C=C/C(O)C(COC1OC(CO)C(O)C(O)C1O)NC(=O)CCCCCCCCCCCCCCCCCCCCCCCCCCCC. The summed E-state index contributed by atoms with van der Waals surface area (Å²) in [6.45, 7) is 3.81. The Morgan fingerprint density at radius 1 is 0.516 bits per heavy atom. The van der Waals surface area contributed by atoms with E-state index >= 15 is 0 Å². The molecule has 0 spiro atoms. The lowest BCUT2D eigenvalue weighted by Gasteiger charge is -2.40. The molecule has 1 heterocycles. The molecule has 0 bridgehead atoms. The first kappa shape index (κ1) is 60.9. The zero-order valence-electron chi connectivity index (χ0n) is 42.1. The normalized spacial score (nSPS) is 20.0. The summed E-state index contributed by atoms with van der Waals surface area (Å²) >= 11 is 0. The Balaban J connectivity index is 2.19. The number of carbonyl (C=O) groups is 1. The number of ether oxygens (including phenoxy) is 2. The van der Waals surface area contributed by atoms with Crippen LogP contribution in [0, 0.1) is 0 Å². The number of unbranched alkanes of at least 4 members (excludes halogenated alkanes) is 38. The maximum absolute atomic E-state index is 13.0. The summed E-state index contributed by atoms with van der Waals surface area (Å²) in [5.41, 5.74) is 0. The number of allylic oxidation sites excluding steroid dienone is 1. The summed E-state index contributed by atoms with van der Waals surface area (Å²) in [6.07, 6.45) is 48.5. The molecule has 1 aliphatic heterocycles. The van der Waals surface area contributed by atoms with Gasteiger partial charge < -0.3 is 40.3 Å².